The number of hydrazone groups is 1. The summed E-state index contributed by atoms with van der Waals surface area (Å²) in [5.74, 6) is 0. The second-order valence-electron chi connectivity index (χ2n) is 2.61. The first-order valence-electron chi connectivity index (χ1n) is 4.44. The molecule has 0 aliphatic heterocycles. The molecule has 4 nitrogen and oxygen atoms in total. The maximum atomic E-state index is 10.8. The third kappa shape index (κ3) is 3.99. The predicted molar refractivity (Wildman–Crippen MR) is 59.2 cm³/mol. The van der Waals surface area contributed by atoms with E-state index in [2.05, 4.69) is 15.3 Å². The molecule has 0 aliphatic rings. The van der Waals surface area contributed by atoms with Crippen molar-refractivity contribution in [3.63, 3.8) is 0 Å². The number of hydrogen-bond donors (Lipinski definition) is 1. The van der Waals surface area contributed by atoms with Gasteiger partial charge in [-0.25, -0.2) is 10.2 Å². The number of nitrogens with one attached hydrogen (secondary N) is 1. The van der Waals surface area contributed by atoms with Gasteiger partial charge in [0.1, 0.15) is 0 Å². The molecule has 0 spiro atoms. The summed E-state index contributed by atoms with van der Waals surface area (Å²) >= 11 is 5.87. The number of rotatable bonds is 3. The van der Waals surface area contributed by atoms with Crippen molar-refractivity contribution in [1.82, 2.24) is 5.43 Å². The smallest absolute Gasteiger partial charge is 0.427 e. The van der Waals surface area contributed by atoms with Crippen LogP contribution in [-0.2, 0) is 4.74 Å². The fourth-order valence-corrected chi connectivity index (χ4v) is 1.08. The van der Waals surface area contributed by atoms with Crippen molar-refractivity contribution in [3.8, 4) is 0 Å². The summed E-state index contributed by atoms with van der Waals surface area (Å²) in [5.41, 5.74) is 2.94. The zero-order valence-corrected chi connectivity index (χ0v) is 8.99. The molecule has 80 valence electrons. The third-order valence-corrected chi connectivity index (χ3v) is 1.88. The van der Waals surface area contributed by atoms with Crippen LogP contribution >= 0.6 is 11.6 Å². The van der Waals surface area contributed by atoms with E-state index in [1.165, 1.54) is 6.21 Å². The normalized spacial score (nSPS) is 10.3. The Balaban J connectivity index is 2.52. The molecule has 0 unspecified atom stereocenters. The minimum Gasteiger partial charge on any atom is -0.449 e. The van der Waals surface area contributed by atoms with Crippen LogP contribution in [0.25, 0.3) is 0 Å². The van der Waals surface area contributed by atoms with Crippen molar-refractivity contribution >= 4 is 23.9 Å². The third-order valence-electron chi connectivity index (χ3n) is 1.54. The van der Waals surface area contributed by atoms with Crippen molar-refractivity contribution in [3.05, 3.63) is 34.9 Å². The van der Waals surface area contributed by atoms with Crippen molar-refractivity contribution in [1.29, 1.82) is 0 Å². The molecular formula is C10H11ClN2O2. The SMILES string of the molecule is CCOC(=O)NN=Cc1ccccc1Cl. The number of carbonyl (C=O) groups is 1. The summed E-state index contributed by atoms with van der Waals surface area (Å²) in [7, 11) is 0. The molecule has 0 atom stereocenters. The average molecular weight is 227 g/mol. The highest BCUT2D eigenvalue weighted by atomic mass is 35.5. The van der Waals surface area contributed by atoms with E-state index in [1.807, 2.05) is 12.1 Å². The van der Waals surface area contributed by atoms with Gasteiger partial charge >= 0.3 is 6.09 Å². The molecule has 0 aromatic heterocycles. The van der Waals surface area contributed by atoms with Crippen LogP contribution in [0.4, 0.5) is 4.79 Å². The summed E-state index contributed by atoms with van der Waals surface area (Å²) in [4.78, 5) is 10.8. The minimum atomic E-state index is -0.583. The molecule has 5 heteroatoms. The lowest BCUT2D eigenvalue weighted by Gasteiger charge is -1.99. The summed E-state index contributed by atoms with van der Waals surface area (Å²) in [5, 5.41) is 4.26. The molecule has 0 bridgehead atoms. The van der Waals surface area contributed by atoms with Crippen LogP contribution in [0.15, 0.2) is 29.4 Å². The molecule has 0 aliphatic carbocycles. The number of ether oxygens (including phenoxy) is 1. The molecule has 1 aromatic rings. The van der Waals surface area contributed by atoms with Crippen LogP contribution in [0.2, 0.25) is 5.02 Å². The van der Waals surface area contributed by atoms with Gasteiger partial charge in [0.05, 0.1) is 12.8 Å². The summed E-state index contributed by atoms with van der Waals surface area (Å²) < 4.78 is 4.61. The Morgan fingerprint density at radius 3 is 3.00 bits per heavy atom. The quantitative estimate of drug-likeness (QED) is 0.636. The largest absolute Gasteiger partial charge is 0.449 e. The van der Waals surface area contributed by atoms with Crippen LogP contribution in [0.3, 0.4) is 0 Å². The first kappa shape index (κ1) is 11.5. The average Bonchev–Trinajstić information content (AvgIpc) is 2.21. The van der Waals surface area contributed by atoms with Crippen molar-refractivity contribution in [2.45, 2.75) is 6.92 Å². The Kier molecular flexibility index (Phi) is 4.63. The topological polar surface area (TPSA) is 50.7 Å². The number of nitrogens with zero attached hydrogens (tertiary/aromatic N) is 1. The highest BCUT2D eigenvalue weighted by Gasteiger charge is 1.97. The standard InChI is InChI=1S/C10H11ClN2O2/c1-2-15-10(14)13-12-7-8-5-3-4-6-9(8)11/h3-7H,2H2,1H3,(H,13,14). The Morgan fingerprint density at radius 2 is 2.33 bits per heavy atom. The van der Waals surface area contributed by atoms with Gasteiger partial charge in [0.15, 0.2) is 0 Å². The maximum Gasteiger partial charge on any atom is 0.427 e. The van der Waals surface area contributed by atoms with Crippen molar-refractivity contribution in [2.24, 2.45) is 5.10 Å². The van der Waals surface area contributed by atoms with Gasteiger partial charge in [-0.05, 0) is 13.0 Å². The molecular weight excluding hydrogens is 216 g/mol. The van der Waals surface area contributed by atoms with Crippen LogP contribution in [-0.4, -0.2) is 18.9 Å². The predicted octanol–water partition coefficient (Wildman–Crippen LogP) is 2.42. The van der Waals surface area contributed by atoms with E-state index in [1.54, 1.807) is 19.1 Å². The fourth-order valence-electron chi connectivity index (χ4n) is 0.898. The first-order chi connectivity index (χ1) is 7.24. The number of amides is 1. The second kappa shape index (κ2) is 6.03. The van der Waals surface area contributed by atoms with E-state index in [0.717, 1.165) is 5.56 Å². The molecule has 0 saturated carbocycles. The lowest BCUT2D eigenvalue weighted by Crippen LogP contribution is -2.18. The van der Waals surface area contributed by atoms with Crippen LogP contribution in [0.1, 0.15) is 12.5 Å². The molecule has 1 N–H and O–H groups in total. The van der Waals surface area contributed by atoms with Gasteiger partial charge in [-0.1, -0.05) is 29.8 Å². The van der Waals surface area contributed by atoms with Crippen LogP contribution in [0, 0.1) is 0 Å². The first-order valence-corrected chi connectivity index (χ1v) is 4.82. The lowest BCUT2D eigenvalue weighted by molar-refractivity contribution is 0.152. The second-order valence-corrected chi connectivity index (χ2v) is 3.02. The van der Waals surface area contributed by atoms with Crippen molar-refractivity contribution < 1.29 is 9.53 Å². The lowest BCUT2D eigenvalue weighted by atomic mass is 10.2. The molecule has 1 aromatic carbocycles. The number of hydrogen-bond acceptors (Lipinski definition) is 3. The van der Waals surface area contributed by atoms with E-state index in [4.69, 9.17) is 11.6 Å². The molecule has 0 heterocycles. The highest BCUT2D eigenvalue weighted by Crippen LogP contribution is 2.11. The van der Waals surface area contributed by atoms with Crippen LogP contribution in [0.5, 0.6) is 0 Å². The minimum absolute atomic E-state index is 0.313. The molecule has 1 rings (SSSR count). The van der Waals surface area contributed by atoms with E-state index < -0.39 is 6.09 Å². The van der Waals surface area contributed by atoms with E-state index in [0.29, 0.717) is 11.6 Å². The Morgan fingerprint density at radius 1 is 1.60 bits per heavy atom. The van der Waals surface area contributed by atoms with Gasteiger partial charge in [0.2, 0.25) is 0 Å². The zero-order chi connectivity index (χ0) is 11.1. The fraction of sp³-hybridized carbons (Fsp3) is 0.200. The number of carbonyl (C=O) groups excluding carboxylic acids is 1. The summed E-state index contributed by atoms with van der Waals surface area (Å²) in [6.45, 7) is 2.03. The van der Waals surface area contributed by atoms with Gasteiger partial charge in [-0.15, -0.1) is 0 Å². The number of halogens is 1. The zero-order valence-electron chi connectivity index (χ0n) is 8.24. The van der Waals surface area contributed by atoms with Gasteiger partial charge in [-0.2, -0.15) is 5.10 Å². The van der Waals surface area contributed by atoms with Crippen LogP contribution < -0.4 is 5.43 Å². The number of benzene rings is 1. The Bertz CT molecular complexity index is 366. The molecule has 1 amide bonds. The van der Waals surface area contributed by atoms with Crippen molar-refractivity contribution in [2.75, 3.05) is 6.61 Å². The van der Waals surface area contributed by atoms with E-state index in [-0.39, 0.29) is 0 Å². The van der Waals surface area contributed by atoms with Gasteiger partial charge in [-0.3, -0.25) is 0 Å². The monoisotopic (exact) mass is 226 g/mol. The Hall–Kier alpha value is -1.55. The van der Waals surface area contributed by atoms with E-state index >= 15 is 0 Å². The maximum absolute atomic E-state index is 10.8. The van der Waals surface area contributed by atoms with Gasteiger partial charge in [0, 0.05) is 10.6 Å². The summed E-state index contributed by atoms with van der Waals surface area (Å²) in [6.07, 6.45) is 0.875. The molecule has 15 heavy (non-hydrogen) atoms. The molecule has 0 saturated heterocycles. The molecule has 0 radical (unpaired) electrons. The summed E-state index contributed by atoms with van der Waals surface area (Å²) in [6, 6.07) is 7.18. The van der Waals surface area contributed by atoms with Gasteiger partial charge in [0.25, 0.3) is 0 Å². The molecule has 0 fully saturated rings. The highest BCUT2D eigenvalue weighted by molar-refractivity contribution is 6.33. The van der Waals surface area contributed by atoms with E-state index in [9.17, 15) is 4.79 Å². The Labute approximate surface area is 92.9 Å². The van der Waals surface area contributed by atoms with Gasteiger partial charge < -0.3 is 4.74 Å².